The van der Waals surface area contributed by atoms with Crippen LogP contribution in [0.2, 0.25) is 0 Å². The Kier molecular flexibility index (Phi) is 4.85. The van der Waals surface area contributed by atoms with Gasteiger partial charge < -0.3 is 21.5 Å². The van der Waals surface area contributed by atoms with Crippen LogP contribution in [0.1, 0.15) is 13.3 Å². The predicted molar refractivity (Wildman–Crippen MR) is 64.1 cm³/mol. The van der Waals surface area contributed by atoms with E-state index in [4.69, 9.17) is 16.2 Å². The van der Waals surface area contributed by atoms with Crippen molar-refractivity contribution in [3.63, 3.8) is 0 Å². The highest BCUT2D eigenvalue weighted by Gasteiger charge is 2.08. The van der Waals surface area contributed by atoms with Crippen molar-refractivity contribution < 1.29 is 9.13 Å². The van der Waals surface area contributed by atoms with Crippen LogP contribution in [0, 0.1) is 5.82 Å². The first-order valence-electron chi connectivity index (χ1n) is 5.34. The highest BCUT2D eigenvalue weighted by atomic mass is 19.1. The lowest BCUT2D eigenvalue weighted by atomic mass is 10.2. The number of nitrogen functional groups attached to an aromatic ring is 1. The van der Waals surface area contributed by atoms with Gasteiger partial charge in [-0.1, -0.05) is 6.92 Å². The maximum absolute atomic E-state index is 13.4. The Bertz CT molecular complexity index is 315. The molecule has 0 aliphatic heterocycles. The Morgan fingerprint density at radius 1 is 1.44 bits per heavy atom. The third-order valence-corrected chi connectivity index (χ3v) is 2.03. The Morgan fingerprint density at radius 3 is 2.81 bits per heavy atom. The van der Waals surface area contributed by atoms with Crippen molar-refractivity contribution in [1.29, 1.82) is 0 Å². The molecule has 1 aromatic carbocycles. The molecule has 0 heterocycles. The molecule has 0 atom stereocenters. The molecule has 5 N–H and O–H groups in total. The Morgan fingerprint density at radius 2 is 2.19 bits per heavy atom. The summed E-state index contributed by atoms with van der Waals surface area (Å²) in [5.41, 5.74) is 12.0. The Labute approximate surface area is 94.8 Å². The maximum Gasteiger partial charge on any atom is 0.167 e. The Balaban J connectivity index is 2.83. The van der Waals surface area contributed by atoms with E-state index >= 15 is 0 Å². The summed E-state index contributed by atoms with van der Waals surface area (Å²) >= 11 is 0. The van der Waals surface area contributed by atoms with Gasteiger partial charge in [0.15, 0.2) is 11.6 Å². The number of hydrogen-bond acceptors (Lipinski definition) is 4. The van der Waals surface area contributed by atoms with E-state index < -0.39 is 5.82 Å². The van der Waals surface area contributed by atoms with Gasteiger partial charge in [-0.2, -0.15) is 0 Å². The van der Waals surface area contributed by atoms with E-state index in [1.54, 1.807) is 6.07 Å². The largest absolute Gasteiger partial charge is 0.490 e. The average Bonchev–Trinajstić information content (AvgIpc) is 2.26. The zero-order valence-electron chi connectivity index (χ0n) is 9.42. The minimum atomic E-state index is -0.441. The first-order chi connectivity index (χ1) is 7.69. The maximum atomic E-state index is 13.4. The van der Waals surface area contributed by atoms with Crippen LogP contribution < -0.4 is 21.5 Å². The number of nitrogens with two attached hydrogens (primary N) is 2. The zero-order chi connectivity index (χ0) is 12.0. The van der Waals surface area contributed by atoms with Gasteiger partial charge in [0.25, 0.3) is 0 Å². The summed E-state index contributed by atoms with van der Waals surface area (Å²) in [6.45, 7) is 3.52. The van der Waals surface area contributed by atoms with Crippen molar-refractivity contribution in [3.05, 3.63) is 17.9 Å². The van der Waals surface area contributed by atoms with Crippen LogP contribution in [0.4, 0.5) is 15.8 Å². The summed E-state index contributed by atoms with van der Waals surface area (Å²) in [6.07, 6.45) is 0.829. The van der Waals surface area contributed by atoms with Crippen LogP contribution in [0.5, 0.6) is 5.75 Å². The van der Waals surface area contributed by atoms with Gasteiger partial charge in [0.1, 0.15) is 0 Å². The highest BCUT2D eigenvalue weighted by molar-refractivity contribution is 5.68. The summed E-state index contributed by atoms with van der Waals surface area (Å²) in [4.78, 5) is 0. The molecule has 90 valence electrons. The second-order valence-corrected chi connectivity index (χ2v) is 3.43. The van der Waals surface area contributed by atoms with Crippen LogP contribution in [0.15, 0.2) is 12.1 Å². The number of hydrogen-bond donors (Lipinski definition) is 3. The van der Waals surface area contributed by atoms with Crippen LogP contribution in [-0.2, 0) is 0 Å². The fourth-order valence-corrected chi connectivity index (χ4v) is 1.25. The number of anilines is 2. The molecule has 1 aromatic rings. The number of rotatable bonds is 6. The average molecular weight is 227 g/mol. The number of halogens is 1. The SMILES string of the molecule is CCCOc1cc(NCCN)c(N)cc1F. The molecule has 0 bridgehead atoms. The van der Waals surface area contributed by atoms with E-state index in [9.17, 15) is 4.39 Å². The van der Waals surface area contributed by atoms with Crippen molar-refractivity contribution in [3.8, 4) is 5.75 Å². The number of nitrogens with one attached hydrogen (secondary N) is 1. The lowest BCUT2D eigenvalue weighted by molar-refractivity contribution is 0.301. The van der Waals surface area contributed by atoms with Gasteiger partial charge >= 0.3 is 0 Å². The molecule has 0 saturated carbocycles. The summed E-state index contributed by atoms with van der Waals surface area (Å²) in [7, 11) is 0. The molecule has 16 heavy (non-hydrogen) atoms. The fraction of sp³-hybridized carbons (Fsp3) is 0.455. The van der Waals surface area contributed by atoms with E-state index in [1.807, 2.05) is 6.92 Å². The molecule has 0 unspecified atom stereocenters. The Hall–Kier alpha value is -1.49. The topological polar surface area (TPSA) is 73.3 Å². The number of ether oxygens (including phenoxy) is 1. The molecule has 0 fully saturated rings. The smallest absolute Gasteiger partial charge is 0.167 e. The van der Waals surface area contributed by atoms with Gasteiger partial charge in [0.2, 0.25) is 0 Å². The van der Waals surface area contributed by atoms with Gasteiger partial charge in [0.05, 0.1) is 18.0 Å². The van der Waals surface area contributed by atoms with Crippen molar-refractivity contribution in [1.82, 2.24) is 0 Å². The summed E-state index contributed by atoms with van der Waals surface area (Å²) in [5, 5.41) is 3.01. The van der Waals surface area contributed by atoms with E-state index in [1.165, 1.54) is 6.07 Å². The van der Waals surface area contributed by atoms with Crippen LogP contribution in [-0.4, -0.2) is 19.7 Å². The van der Waals surface area contributed by atoms with E-state index in [-0.39, 0.29) is 5.75 Å². The molecule has 5 heteroatoms. The second-order valence-electron chi connectivity index (χ2n) is 3.43. The first-order valence-corrected chi connectivity index (χ1v) is 5.34. The normalized spacial score (nSPS) is 10.2. The van der Waals surface area contributed by atoms with Crippen molar-refractivity contribution in [2.45, 2.75) is 13.3 Å². The van der Waals surface area contributed by atoms with Crippen molar-refractivity contribution in [2.24, 2.45) is 5.73 Å². The minimum Gasteiger partial charge on any atom is -0.490 e. The molecule has 0 aliphatic carbocycles. The molecule has 4 nitrogen and oxygen atoms in total. The van der Waals surface area contributed by atoms with Crippen LogP contribution in [0.3, 0.4) is 0 Å². The monoisotopic (exact) mass is 227 g/mol. The van der Waals surface area contributed by atoms with Crippen LogP contribution >= 0.6 is 0 Å². The van der Waals surface area contributed by atoms with E-state index in [0.29, 0.717) is 31.1 Å². The van der Waals surface area contributed by atoms with Crippen molar-refractivity contribution in [2.75, 3.05) is 30.7 Å². The summed E-state index contributed by atoms with van der Waals surface area (Å²) in [6, 6.07) is 2.82. The summed E-state index contributed by atoms with van der Waals surface area (Å²) < 4.78 is 18.7. The molecule has 0 aliphatic rings. The number of benzene rings is 1. The molecule has 0 aromatic heterocycles. The lowest BCUT2D eigenvalue weighted by Gasteiger charge is -2.12. The van der Waals surface area contributed by atoms with Crippen molar-refractivity contribution >= 4 is 11.4 Å². The van der Waals surface area contributed by atoms with E-state index in [0.717, 1.165) is 6.42 Å². The molecular formula is C11H18FN3O. The molecule has 0 saturated heterocycles. The third kappa shape index (κ3) is 3.27. The zero-order valence-corrected chi connectivity index (χ0v) is 9.42. The quantitative estimate of drug-likeness (QED) is 0.645. The van der Waals surface area contributed by atoms with Gasteiger partial charge in [-0.05, 0) is 6.42 Å². The molecular weight excluding hydrogens is 209 g/mol. The minimum absolute atomic E-state index is 0.218. The van der Waals surface area contributed by atoms with E-state index in [2.05, 4.69) is 5.32 Å². The molecule has 0 spiro atoms. The molecule has 1 rings (SSSR count). The third-order valence-electron chi connectivity index (χ3n) is 2.03. The summed E-state index contributed by atoms with van der Waals surface area (Å²) in [5.74, 6) is -0.222. The predicted octanol–water partition coefficient (Wildman–Crippen LogP) is 1.57. The lowest BCUT2D eigenvalue weighted by Crippen LogP contribution is -2.14. The van der Waals surface area contributed by atoms with Gasteiger partial charge in [-0.25, -0.2) is 4.39 Å². The van der Waals surface area contributed by atoms with Gasteiger partial charge in [0, 0.05) is 25.2 Å². The highest BCUT2D eigenvalue weighted by Crippen LogP contribution is 2.28. The second kappa shape index (κ2) is 6.17. The van der Waals surface area contributed by atoms with Gasteiger partial charge in [-0.3, -0.25) is 0 Å². The van der Waals surface area contributed by atoms with Crippen LogP contribution in [0.25, 0.3) is 0 Å². The standard InChI is InChI=1S/C11H18FN3O/c1-2-5-16-11-7-10(15-4-3-13)9(14)6-8(11)12/h6-7,15H,2-5,13-14H2,1H3. The first kappa shape index (κ1) is 12.6. The molecule has 0 radical (unpaired) electrons. The van der Waals surface area contributed by atoms with Gasteiger partial charge in [-0.15, -0.1) is 0 Å². The fourth-order valence-electron chi connectivity index (χ4n) is 1.25. The molecule has 0 amide bonds.